The van der Waals surface area contributed by atoms with Crippen molar-refractivity contribution in [3.8, 4) is 11.8 Å². The summed E-state index contributed by atoms with van der Waals surface area (Å²) in [6.45, 7) is 0. The van der Waals surface area contributed by atoms with Crippen molar-refractivity contribution in [1.82, 2.24) is 9.97 Å². The van der Waals surface area contributed by atoms with E-state index in [1.807, 2.05) is 0 Å². The van der Waals surface area contributed by atoms with Crippen molar-refractivity contribution in [3.63, 3.8) is 0 Å². The number of methoxy groups -OCH3 is 2. The van der Waals surface area contributed by atoms with Gasteiger partial charge in [0.2, 0.25) is 11.8 Å². The lowest BCUT2D eigenvalue weighted by molar-refractivity contribution is 0.320. The van der Waals surface area contributed by atoms with Crippen LogP contribution in [0.4, 0.5) is 0 Å². The number of ether oxygens (including phenoxy) is 2. The number of hydrogen-bond donors (Lipinski definition) is 1. The van der Waals surface area contributed by atoms with Crippen LogP contribution in [0.2, 0.25) is 0 Å². The Morgan fingerprint density at radius 1 is 1.31 bits per heavy atom. The average molecular weight is 183 g/mol. The molecule has 0 radical (unpaired) electrons. The van der Waals surface area contributed by atoms with E-state index in [2.05, 4.69) is 15.1 Å². The van der Waals surface area contributed by atoms with Crippen LogP contribution in [0.3, 0.4) is 0 Å². The van der Waals surface area contributed by atoms with Crippen LogP contribution in [0.25, 0.3) is 0 Å². The monoisotopic (exact) mass is 183 g/mol. The maximum atomic E-state index is 8.36. The molecule has 6 heteroatoms. The van der Waals surface area contributed by atoms with Crippen molar-refractivity contribution in [2.24, 2.45) is 5.16 Å². The van der Waals surface area contributed by atoms with E-state index >= 15 is 0 Å². The van der Waals surface area contributed by atoms with Crippen LogP contribution in [0.5, 0.6) is 11.8 Å². The smallest absolute Gasteiger partial charge is 0.229 e. The minimum Gasteiger partial charge on any atom is -0.480 e. The van der Waals surface area contributed by atoms with E-state index in [9.17, 15) is 0 Å². The zero-order valence-electron chi connectivity index (χ0n) is 7.26. The molecule has 70 valence electrons. The summed E-state index contributed by atoms with van der Waals surface area (Å²) in [6.07, 6.45) is 2.45. The zero-order valence-corrected chi connectivity index (χ0v) is 7.26. The minimum absolute atomic E-state index is 0.296. The van der Waals surface area contributed by atoms with Gasteiger partial charge >= 0.3 is 0 Å². The molecule has 0 atom stereocenters. The molecule has 0 aliphatic carbocycles. The van der Waals surface area contributed by atoms with Crippen LogP contribution in [0.15, 0.2) is 11.5 Å². The summed E-state index contributed by atoms with van der Waals surface area (Å²) >= 11 is 0. The summed E-state index contributed by atoms with van der Waals surface area (Å²) in [5, 5.41) is 11.2. The van der Waals surface area contributed by atoms with Gasteiger partial charge in [0.15, 0.2) is 0 Å². The van der Waals surface area contributed by atoms with Crippen molar-refractivity contribution in [2.75, 3.05) is 14.2 Å². The maximum Gasteiger partial charge on any atom is 0.229 e. The summed E-state index contributed by atoms with van der Waals surface area (Å²) in [6, 6.07) is 0. The van der Waals surface area contributed by atoms with Gasteiger partial charge in [-0.15, -0.1) is 0 Å². The molecular weight excluding hydrogens is 174 g/mol. The van der Waals surface area contributed by atoms with E-state index in [-0.39, 0.29) is 0 Å². The van der Waals surface area contributed by atoms with Gasteiger partial charge in [-0.05, 0) is 0 Å². The van der Waals surface area contributed by atoms with Crippen LogP contribution in [-0.2, 0) is 0 Å². The van der Waals surface area contributed by atoms with E-state index in [0.717, 1.165) is 6.21 Å². The van der Waals surface area contributed by atoms with E-state index < -0.39 is 0 Å². The molecule has 0 fully saturated rings. The molecule has 0 unspecified atom stereocenters. The zero-order chi connectivity index (χ0) is 9.68. The van der Waals surface area contributed by atoms with Gasteiger partial charge in [-0.1, -0.05) is 5.16 Å². The summed E-state index contributed by atoms with van der Waals surface area (Å²) < 4.78 is 9.81. The van der Waals surface area contributed by atoms with E-state index in [0.29, 0.717) is 17.3 Å². The molecule has 0 saturated heterocycles. The second-order valence-electron chi connectivity index (χ2n) is 2.05. The Morgan fingerprint density at radius 3 is 2.23 bits per heavy atom. The minimum atomic E-state index is 0.296. The van der Waals surface area contributed by atoms with E-state index in [1.54, 1.807) is 0 Å². The van der Waals surface area contributed by atoms with Crippen LogP contribution in [0.1, 0.15) is 5.56 Å². The summed E-state index contributed by atoms with van der Waals surface area (Å²) in [4.78, 5) is 7.62. The predicted molar refractivity (Wildman–Crippen MR) is 44.5 cm³/mol. The fourth-order valence-electron chi connectivity index (χ4n) is 0.858. The van der Waals surface area contributed by atoms with E-state index in [4.69, 9.17) is 14.7 Å². The van der Waals surface area contributed by atoms with Crippen molar-refractivity contribution in [3.05, 3.63) is 11.9 Å². The first-order chi connectivity index (χ1) is 6.33. The Balaban J connectivity index is 3.21. The van der Waals surface area contributed by atoms with Gasteiger partial charge in [-0.3, -0.25) is 0 Å². The highest BCUT2D eigenvalue weighted by molar-refractivity contribution is 5.85. The highest BCUT2D eigenvalue weighted by atomic mass is 16.5. The standard InChI is InChI=1S/C7H9N3O3/c1-12-6-5(3-10-11)7(13-2)9-4-8-6/h3-4,11H,1-2H3/b10-3+. The first kappa shape index (κ1) is 9.24. The van der Waals surface area contributed by atoms with Crippen molar-refractivity contribution in [1.29, 1.82) is 0 Å². The van der Waals surface area contributed by atoms with E-state index in [1.165, 1.54) is 20.5 Å². The second-order valence-corrected chi connectivity index (χ2v) is 2.05. The number of nitrogens with zero attached hydrogens (tertiary/aromatic N) is 3. The Morgan fingerprint density at radius 2 is 1.85 bits per heavy atom. The van der Waals surface area contributed by atoms with Gasteiger partial charge in [0.05, 0.1) is 20.4 Å². The third-order valence-corrected chi connectivity index (χ3v) is 1.38. The van der Waals surface area contributed by atoms with Gasteiger partial charge in [-0.25, -0.2) is 9.97 Å². The lowest BCUT2D eigenvalue weighted by atomic mass is 10.3. The summed E-state index contributed by atoms with van der Waals surface area (Å²) in [5.74, 6) is 0.592. The first-order valence-electron chi connectivity index (χ1n) is 3.44. The molecule has 0 aliphatic heterocycles. The van der Waals surface area contributed by atoms with Crippen molar-refractivity contribution in [2.45, 2.75) is 0 Å². The Hall–Kier alpha value is -1.85. The van der Waals surface area contributed by atoms with Gasteiger partial charge in [0.25, 0.3) is 0 Å². The predicted octanol–water partition coefficient (Wildman–Crippen LogP) is 0.302. The van der Waals surface area contributed by atoms with Gasteiger partial charge in [0.1, 0.15) is 11.9 Å². The van der Waals surface area contributed by atoms with Crippen LogP contribution < -0.4 is 9.47 Å². The average Bonchev–Trinajstić information content (AvgIpc) is 2.18. The van der Waals surface area contributed by atoms with Crippen LogP contribution >= 0.6 is 0 Å². The fourth-order valence-corrected chi connectivity index (χ4v) is 0.858. The Bertz CT molecular complexity index is 292. The number of oxime groups is 1. The molecule has 1 heterocycles. The normalized spacial score (nSPS) is 10.3. The van der Waals surface area contributed by atoms with Gasteiger partial charge in [-0.2, -0.15) is 0 Å². The largest absolute Gasteiger partial charge is 0.480 e. The molecule has 0 spiro atoms. The third-order valence-electron chi connectivity index (χ3n) is 1.38. The number of rotatable bonds is 3. The van der Waals surface area contributed by atoms with Gasteiger partial charge in [0, 0.05) is 0 Å². The highest BCUT2D eigenvalue weighted by Crippen LogP contribution is 2.20. The van der Waals surface area contributed by atoms with Gasteiger partial charge < -0.3 is 14.7 Å². The quantitative estimate of drug-likeness (QED) is 0.414. The fraction of sp³-hybridized carbons (Fsp3) is 0.286. The molecule has 1 aromatic rings. The first-order valence-corrected chi connectivity index (χ1v) is 3.44. The molecule has 1 N–H and O–H groups in total. The SMILES string of the molecule is COc1ncnc(OC)c1/C=N/O. The Kier molecular flexibility index (Phi) is 3.02. The summed E-state index contributed by atoms with van der Waals surface area (Å²) in [7, 11) is 2.91. The maximum absolute atomic E-state index is 8.36. The molecule has 13 heavy (non-hydrogen) atoms. The molecule has 1 aromatic heterocycles. The molecule has 0 saturated carbocycles. The van der Waals surface area contributed by atoms with Crippen molar-refractivity contribution < 1.29 is 14.7 Å². The Labute approximate surface area is 74.8 Å². The molecule has 0 bridgehead atoms. The molecule has 0 amide bonds. The molecule has 6 nitrogen and oxygen atoms in total. The topological polar surface area (TPSA) is 76.8 Å². The van der Waals surface area contributed by atoms with Crippen molar-refractivity contribution >= 4 is 6.21 Å². The lowest BCUT2D eigenvalue weighted by Crippen LogP contribution is -2.00. The molecule has 0 aliphatic rings. The highest BCUT2D eigenvalue weighted by Gasteiger charge is 2.09. The summed E-state index contributed by atoms with van der Waals surface area (Å²) in [5.41, 5.74) is 0.398. The lowest BCUT2D eigenvalue weighted by Gasteiger charge is -2.05. The van der Waals surface area contributed by atoms with Crippen LogP contribution in [-0.4, -0.2) is 35.6 Å². The number of hydrogen-bond acceptors (Lipinski definition) is 6. The number of aromatic nitrogens is 2. The second kappa shape index (κ2) is 4.24. The third kappa shape index (κ3) is 1.84. The molecule has 1 rings (SSSR count). The van der Waals surface area contributed by atoms with Crippen LogP contribution in [0, 0.1) is 0 Å². The molecular formula is C7H9N3O3. The molecule has 0 aromatic carbocycles.